The zero-order valence-electron chi connectivity index (χ0n) is 11.9. The van der Waals surface area contributed by atoms with Gasteiger partial charge in [0.2, 0.25) is 0 Å². The molecule has 0 aliphatic heterocycles. The molecule has 0 radical (unpaired) electrons. The molecule has 1 heterocycles. The van der Waals surface area contributed by atoms with Crippen molar-refractivity contribution in [1.29, 1.82) is 0 Å². The maximum absolute atomic E-state index is 10.2. The van der Waals surface area contributed by atoms with Crippen LogP contribution in [0.5, 0.6) is 0 Å². The molecule has 0 spiro atoms. The van der Waals surface area contributed by atoms with E-state index in [1.807, 2.05) is 19.9 Å². The summed E-state index contributed by atoms with van der Waals surface area (Å²) >= 11 is 0. The lowest BCUT2D eigenvalue weighted by atomic mass is 10.0. The minimum absolute atomic E-state index is 0.384. The van der Waals surface area contributed by atoms with Crippen LogP contribution < -0.4 is 0 Å². The average molecular weight is 250 g/mol. The van der Waals surface area contributed by atoms with Crippen LogP contribution in [-0.2, 0) is 0 Å². The number of hydrogen-bond donors (Lipinski definition) is 1. The molecule has 1 aromatic rings. The summed E-state index contributed by atoms with van der Waals surface area (Å²) < 4.78 is 0. The second-order valence-electron chi connectivity index (χ2n) is 5.10. The molecule has 1 aromatic heterocycles. The van der Waals surface area contributed by atoms with Crippen LogP contribution in [0.3, 0.4) is 0 Å². The van der Waals surface area contributed by atoms with Crippen molar-refractivity contribution >= 4 is 0 Å². The topological polar surface area (TPSA) is 46.0 Å². The van der Waals surface area contributed by atoms with E-state index in [0.717, 1.165) is 29.8 Å². The van der Waals surface area contributed by atoms with Gasteiger partial charge in [-0.1, -0.05) is 45.4 Å². The van der Waals surface area contributed by atoms with E-state index in [1.54, 1.807) is 0 Å². The van der Waals surface area contributed by atoms with E-state index in [-0.39, 0.29) is 6.10 Å². The summed E-state index contributed by atoms with van der Waals surface area (Å²) in [5, 5.41) is 18.2. The van der Waals surface area contributed by atoms with Gasteiger partial charge in [-0.2, -0.15) is 10.2 Å². The fourth-order valence-corrected chi connectivity index (χ4v) is 2.18. The van der Waals surface area contributed by atoms with Crippen molar-refractivity contribution in [2.45, 2.75) is 71.8 Å². The summed E-state index contributed by atoms with van der Waals surface area (Å²) in [5.74, 6) is 0. The minimum atomic E-state index is -0.384. The lowest BCUT2D eigenvalue weighted by Gasteiger charge is -2.13. The Morgan fingerprint density at radius 3 is 2.44 bits per heavy atom. The van der Waals surface area contributed by atoms with Gasteiger partial charge in [0.05, 0.1) is 17.5 Å². The van der Waals surface area contributed by atoms with Gasteiger partial charge < -0.3 is 5.11 Å². The Morgan fingerprint density at radius 1 is 1.06 bits per heavy atom. The highest BCUT2D eigenvalue weighted by Crippen LogP contribution is 2.22. The van der Waals surface area contributed by atoms with E-state index in [9.17, 15) is 5.11 Å². The zero-order valence-corrected chi connectivity index (χ0v) is 11.9. The molecule has 1 atom stereocenters. The lowest BCUT2D eigenvalue weighted by molar-refractivity contribution is 0.162. The van der Waals surface area contributed by atoms with Crippen molar-refractivity contribution in [2.75, 3.05) is 0 Å². The number of aromatic nitrogens is 2. The van der Waals surface area contributed by atoms with Crippen molar-refractivity contribution in [3.05, 3.63) is 23.0 Å². The van der Waals surface area contributed by atoms with Crippen LogP contribution in [0.2, 0.25) is 0 Å². The zero-order chi connectivity index (χ0) is 13.4. The Kier molecular flexibility index (Phi) is 6.88. The van der Waals surface area contributed by atoms with Gasteiger partial charge in [-0.05, 0) is 26.3 Å². The number of aliphatic hydroxyl groups excluding tert-OH is 1. The maximum atomic E-state index is 10.2. The van der Waals surface area contributed by atoms with Crippen molar-refractivity contribution in [2.24, 2.45) is 0 Å². The highest BCUT2D eigenvalue weighted by Gasteiger charge is 2.11. The standard InChI is InChI=1S/C15H26N2O/c1-4-5-6-7-8-9-10-15(18)14-11-12(2)16-17-13(14)3/h11,15,18H,4-10H2,1-3H3. The van der Waals surface area contributed by atoms with Crippen LogP contribution in [0.4, 0.5) is 0 Å². The molecule has 0 bridgehead atoms. The Labute approximate surface area is 111 Å². The first-order valence-corrected chi connectivity index (χ1v) is 7.14. The number of nitrogens with zero attached hydrogens (tertiary/aromatic N) is 2. The average Bonchev–Trinajstić information content (AvgIpc) is 2.36. The summed E-state index contributed by atoms with van der Waals surface area (Å²) in [7, 11) is 0. The fourth-order valence-electron chi connectivity index (χ4n) is 2.18. The smallest absolute Gasteiger partial charge is 0.0808 e. The van der Waals surface area contributed by atoms with Gasteiger partial charge in [0.25, 0.3) is 0 Å². The van der Waals surface area contributed by atoms with E-state index < -0.39 is 0 Å². The van der Waals surface area contributed by atoms with Crippen molar-refractivity contribution in [3.63, 3.8) is 0 Å². The van der Waals surface area contributed by atoms with Crippen LogP contribution in [0.1, 0.15) is 74.9 Å². The van der Waals surface area contributed by atoms with Crippen LogP contribution in [-0.4, -0.2) is 15.3 Å². The molecule has 1 unspecified atom stereocenters. The first-order chi connectivity index (χ1) is 8.65. The molecule has 1 rings (SSSR count). The molecule has 0 saturated heterocycles. The Morgan fingerprint density at radius 2 is 1.72 bits per heavy atom. The van der Waals surface area contributed by atoms with Crippen molar-refractivity contribution in [1.82, 2.24) is 10.2 Å². The van der Waals surface area contributed by atoms with Crippen molar-refractivity contribution in [3.8, 4) is 0 Å². The van der Waals surface area contributed by atoms with Gasteiger partial charge in [-0.15, -0.1) is 0 Å². The van der Waals surface area contributed by atoms with Gasteiger partial charge in [0.15, 0.2) is 0 Å². The molecule has 0 saturated carbocycles. The van der Waals surface area contributed by atoms with Gasteiger partial charge in [0, 0.05) is 5.56 Å². The summed E-state index contributed by atoms with van der Waals surface area (Å²) in [6.07, 6.45) is 7.97. The fraction of sp³-hybridized carbons (Fsp3) is 0.733. The molecular formula is C15H26N2O. The van der Waals surface area contributed by atoms with Crippen LogP contribution in [0, 0.1) is 13.8 Å². The molecule has 102 valence electrons. The maximum Gasteiger partial charge on any atom is 0.0808 e. The SMILES string of the molecule is CCCCCCCCC(O)c1cc(C)nnc1C. The number of aliphatic hydroxyl groups is 1. The summed E-state index contributed by atoms with van der Waals surface area (Å²) in [4.78, 5) is 0. The third-order valence-corrected chi connectivity index (χ3v) is 3.33. The highest BCUT2D eigenvalue weighted by molar-refractivity contribution is 5.22. The summed E-state index contributed by atoms with van der Waals surface area (Å²) in [6.45, 7) is 6.05. The first-order valence-electron chi connectivity index (χ1n) is 7.14. The molecule has 0 amide bonds. The lowest BCUT2D eigenvalue weighted by Crippen LogP contribution is -2.04. The predicted molar refractivity (Wildman–Crippen MR) is 74.5 cm³/mol. The second kappa shape index (κ2) is 8.20. The molecule has 0 fully saturated rings. The third kappa shape index (κ3) is 5.13. The quantitative estimate of drug-likeness (QED) is 0.712. The Balaban J connectivity index is 2.31. The van der Waals surface area contributed by atoms with Crippen LogP contribution in [0.25, 0.3) is 0 Å². The highest BCUT2D eigenvalue weighted by atomic mass is 16.3. The van der Waals surface area contributed by atoms with Crippen molar-refractivity contribution < 1.29 is 5.11 Å². The molecule has 3 nitrogen and oxygen atoms in total. The molecule has 0 aliphatic rings. The normalized spacial score (nSPS) is 12.7. The van der Waals surface area contributed by atoms with E-state index >= 15 is 0 Å². The molecule has 18 heavy (non-hydrogen) atoms. The Bertz CT molecular complexity index is 352. The van der Waals surface area contributed by atoms with Crippen LogP contribution in [0.15, 0.2) is 6.07 Å². The largest absolute Gasteiger partial charge is 0.388 e. The second-order valence-corrected chi connectivity index (χ2v) is 5.10. The third-order valence-electron chi connectivity index (χ3n) is 3.33. The number of unbranched alkanes of at least 4 members (excludes halogenated alkanes) is 5. The van der Waals surface area contributed by atoms with E-state index in [2.05, 4.69) is 17.1 Å². The molecule has 1 N–H and O–H groups in total. The van der Waals surface area contributed by atoms with E-state index in [0.29, 0.717) is 0 Å². The molecule has 0 aliphatic carbocycles. The van der Waals surface area contributed by atoms with E-state index in [1.165, 1.54) is 32.1 Å². The molecular weight excluding hydrogens is 224 g/mol. The molecule has 0 aromatic carbocycles. The number of hydrogen-bond acceptors (Lipinski definition) is 3. The van der Waals surface area contributed by atoms with Gasteiger partial charge in [-0.25, -0.2) is 0 Å². The molecule has 3 heteroatoms. The first kappa shape index (κ1) is 15.1. The minimum Gasteiger partial charge on any atom is -0.388 e. The summed E-state index contributed by atoms with van der Waals surface area (Å²) in [5.41, 5.74) is 2.66. The van der Waals surface area contributed by atoms with Gasteiger partial charge >= 0.3 is 0 Å². The van der Waals surface area contributed by atoms with Gasteiger partial charge in [0.1, 0.15) is 0 Å². The number of aryl methyl sites for hydroxylation is 2. The van der Waals surface area contributed by atoms with E-state index in [4.69, 9.17) is 0 Å². The summed E-state index contributed by atoms with van der Waals surface area (Å²) in [6, 6.07) is 1.95. The predicted octanol–water partition coefficient (Wildman–Crippen LogP) is 3.88. The van der Waals surface area contributed by atoms with Gasteiger partial charge in [-0.3, -0.25) is 0 Å². The van der Waals surface area contributed by atoms with Crippen LogP contribution >= 0.6 is 0 Å². The monoisotopic (exact) mass is 250 g/mol. The Hall–Kier alpha value is -0.960. The number of rotatable bonds is 8.